The molecule has 1 amide bonds. The Hall–Kier alpha value is -2.34. The molecule has 0 saturated heterocycles. The minimum absolute atomic E-state index is 0.200. The maximum absolute atomic E-state index is 12.6. The molecule has 0 radical (unpaired) electrons. The lowest BCUT2D eigenvalue weighted by Crippen LogP contribution is -2.41. The third kappa shape index (κ3) is 3.14. The van der Waals surface area contributed by atoms with Crippen molar-refractivity contribution in [2.24, 2.45) is 5.92 Å². The lowest BCUT2D eigenvalue weighted by molar-refractivity contribution is 0.0228. The van der Waals surface area contributed by atoms with Crippen molar-refractivity contribution in [3.8, 4) is 0 Å². The molecule has 24 heavy (non-hydrogen) atoms. The highest BCUT2D eigenvalue weighted by Crippen LogP contribution is 2.38. The number of nitrogens with one attached hydrogen (secondary N) is 1. The number of hydrogen-bond acceptors (Lipinski definition) is 5. The molecule has 4 rings (SSSR count). The van der Waals surface area contributed by atoms with Gasteiger partial charge in [-0.15, -0.1) is 0 Å². The van der Waals surface area contributed by atoms with Gasteiger partial charge in [-0.05, 0) is 43.7 Å². The molecule has 0 aromatic carbocycles. The number of carbonyl (C=O) groups is 1. The van der Waals surface area contributed by atoms with Gasteiger partial charge >= 0.3 is 0 Å². The Labute approximate surface area is 140 Å². The van der Waals surface area contributed by atoms with Gasteiger partial charge in [0, 0.05) is 24.5 Å². The minimum atomic E-state index is -0.278. The second-order valence-electron chi connectivity index (χ2n) is 6.70. The van der Waals surface area contributed by atoms with Crippen LogP contribution in [0.2, 0.25) is 0 Å². The number of carbonyl (C=O) groups excluding carboxylic acids is 1. The van der Waals surface area contributed by atoms with E-state index in [0.717, 1.165) is 24.4 Å². The molecule has 6 heteroatoms. The number of rotatable bonds is 5. The number of hydrogen-bond donors (Lipinski definition) is 2. The second kappa shape index (κ2) is 6.28. The molecule has 2 aliphatic carbocycles. The van der Waals surface area contributed by atoms with Crippen molar-refractivity contribution in [3.05, 3.63) is 53.9 Å². The van der Waals surface area contributed by atoms with E-state index in [1.54, 1.807) is 18.6 Å². The molecule has 2 N–H and O–H groups in total. The Morgan fingerprint density at radius 2 is 1.92 bits per heavy atom. The smallest absolute Gasteiger partial charge is 0.254 e. The number of aromatic nitrogens is 3. The van der Waals surface area contributed by atoms with E-state index in [1.807, 2.05) is 18.2 Å². The van der Waals surface area contributed by atoms with E-state index in [-0.39, 0.29) is 24.0 Å². The molecule has 0 bridgehead atoms. The second-order valence-corrected chi connectivity index (χ2v) is 6.70. The zero-order valence-corrected chi connectivity index (χ0v) is 13.3. The monoisotopic (exact) mass is 324 g/mol. The maximum atomic E-state index is 12.6. The van der Waals surface area contributed by atoms with Crippen molar-refractivity contribution >= 4 is 5.91 Å². The lowest BCUT2D eigenvalue weighted by atomic mass is 9.76. The van der Waals surface area contributed by atoms with Crippen molar-refractivity contribution in [1.82, 2.24) is 20.3 Å². The van der Waals surface area contributed by atoms with Gasteiger partial charge in [0.25, 0.3) is 5.91 Å². The van der Waals surface area contributed by atoms with Crippen molar-refractivity contribution < 1.29 is 9.90 Å². The van der Waals surface area contributed by atoms with Gasteiger partial charge in [-0.25, -0.2) is 9.97 Å². The summed E-state index contributed by atoms with van der Waals surface area (Å²) in [5, 5.41) is 12.6. The molecule has 0 aliphatic heterocycles. The number of aliphatic hydroxyl groups excluding tert-OH is 1. The first-order valence-electron chi connectivity index (χ1n) is 8.42. The molecule has 2 aromatic rings. The van der Waals surface area contributed by atoms with Crippen LogP contribution in [0.15, 0.2) is 36.8 Å². The summed E-state index contributed by atoms with van der Waals surface area (Å²) in [5.41, 5.74) is 1.28. The van der Waals surface area contributed by atoms with E-state index in [9.17, 15) is 9.90 Å². The van der Waals surface area contributed by atoms with E-state index in [2.05, 4.69) is 20.3 Å². The van der Waals surface area contributed by atoms with Crippen LogP contribution in [-0.2, 0) is 0 Å². The standard InChI is InChI=1S/C18H20N4O2/c23-14-7-12(8-14)16(15-3-1-2-6-19-15)22-18(24)13-9-20-17(21-10-13)11-4-5-11/h1-3,6,9-12,14,16,23H,4-5,7-8H2,(H,22,24)/t12?,14?,16-/m1/s1. The Balaban J connectivity index is 1.49. The summed E-state index contributed by atoms with van der Waals surface area (Å²) in [6.45, 7) is 0. The topological polar surface area (TPSA) is 88.0 Å². The van der Waals surface area contributed by atoms with Gasteiger partial charge in [0.15, 0.2) is 0 Å². The molecule has 2 saturated carbocycles. The zero-order chi connectivity index (χ0) is 16.5. The Morgan fingerprint density at radius 3 is 2.50 bits per heavy atom. The highest BCUT2D eigenvalue weighted by molar-refractivity contribution is 5.93. The average molecular weight is 324 g/mol. The van der Waals surface area contributed by atoms with E-state index in [0.29, 0.717) is 24.3 Å². The quantitative estimate of drug-likeness (QED) is 0.878. The predicted octanol–water partition coefficient (Wildman–Crippen LogP) is 1.99. The molecule has 2 fully saturated rings. The summed E-state index contributed by atoms with van der Waals surface area (Å²) in [6.07, 6.45) is 8.27. The first-order chi connectivity index (χ1) is 11.7. The van der Waals surface area contributed by atoms with Crippen LogP contribution >= 0.6 is 0 Å². The fourth-order valence-corrected chi connectivity index (χ4v) is 3.13. The number of aliphatic hydroxyl groups is 1. The van der Waals surface area contributed by atoms with Crippen LogP contribution < -0.4 is 5.32 Å². The van der Waals surface area contributed by atoms with Crippen molar-refractivity contribution in [2.45, 2.75) is 43.7 Å². The van der Waals surface area contributed by atoms with Gasteiger partial charge in [0.1, 0.15) is 5.82 Å². The SMILES string of the molecule is O=C(N[C@@H](c1ccccn1)C1CC(O)C1)c1cnc(C2CC2)nc1. The lowest BCUT2D eigenvalue weighted by Gasteiger charge is -2.37. The van der Waals surface area contributed by atoms with Gasteiger partial charge in [-0.2, -0.15) is 0 Å². The van der Waals surface area contributed by atoms with Crippen molar-refractivity contribution in [2.75, 3.05) is 0 Å². The third-order valence-electron chi connectivity index (χ3n) is 4.79. The molecule has 2 heterocycles. The summed E-state index contributed by atoms with van der Waals surface area (Å²) < 4.78 is 0. The molecule has 1 atom stereocenters. The molecular formula is C18H20N4O2. The fourth-order valence-electron chi connectivity index (χ4n) is 3.13. The van der Waals surface area contributed by atoms with E-state index in [4.69, 9.17) is 0 Å². The van der Waals surface area contributed by atoms with Crippen LogP contribution in [0.25, 0.3) is 0 Å². The van der Waals surface area contributed by atoms with Gasteiger partial charge in [0.05, 0.1) is 23.4 Å². The molecule has 0 spiro atoms. The van der Waals surface area contributed by atoms with E-state index in [1.165, 1.54) is 0 Å². The Morgan fingerprint density at radius 1 is 1.17 bits per heavy atom. The van der Waals surface area contributed by atoms with Crippen LogP contribution in [-0.4, -0.2) is 32.1 Å². The maximum Gasteiger partial charge on any atom is 0.254 e. The summed E-state index contributed by atoms with van der Waals surface area (Å²) >= 11 is 0. The first-order valence-corrected chi connectivity index (χ1v) is 8.42. The predicted molar refractivity (Wildman–Crippen MR) is 87.2 cm³/mol. The van der Waals surface area contributed by atoms with Crippen LogP contribution in [0.4, 0.5) is 0 Å². The fraction of sp³-hybridized carbons (Fsp3) is 0.444. The largest absolute Gasteiger partial charge is 0.393 e. The molecule has 2 aliphatic rings. The van der Waals surface area contributed by atoms with Gasteiger partial charge < -0.3 is 10.4 Å². The number of amides is 1. The summed E-state index contributed by atoms with van der Waals surface area (Å²) in [5.74, 6) is 1.30. The highest BCUT2D eigenvalue weighted by Gasteiger charge is 2.36. The van der Waals surface area contributed by atoms with Crippen LogP contribution in [0, 0.1) is 5.92 Å². The van der Waals surface area contributed by atoms with Crippen molar-refractivity contribution in [1.29, 1.82) is 0 Å². The number of pyridine rings is 1. The molecule has 6 nitrogen and oxygen atoms in total. The normalized spacial score (nSPS) is 24.0. The third-order valence-corrected chi connectivity index (χ3v) is 4.79. The van der Waals surface area contributed by atoms with Crippen molar-refractivity contribution in [3.63, 3.8) is 0 Å². The molecule has 124 valence electrons. The van der Waals surface area contributed by atoms with Gasteiger partial charge in [-0.1, -0.05) is 6.07 Å². The Bertz CT molecular complexity index is 710. The van der Waals surface area contributed by atoms with Gasteiger partial charge in [0.2, 0.25) is 0 Å². The van der Waals surface area contributed by atoms with Crippen LogP contribution in [0.5, 0.6) is 0 Å². The molecule has 0 unspecified atom stereocenters. The minimum Gasteiger partial charge on any atom is -0.393 e. The summed E-state index contributed by atoms with van der Waals surface area (Å²) in [4.78, 5) is 25.6. The first kappa shape index (κ1) is 15.2. The van der Waals surface area contributed by atoms with E-state index < -0.39 is 0 Å². The summed E-state index contributed by atoms with van der Waals surface area (Å²) in [7, 11) is 0. The summed E-state index contributed by atoms with van der Waals surface area (Å²) in [6, 6.07) is 5.46. The van der Waals surface area contributed by atoms with Gasteiger partial charge in [-0.3, -0.25) is 9.78 Å². The molecule has 2 aromatic heterocycles. The number of nitrogens with zero attached hydrogens (tertiary/aromatic N) is 3. The molecular weight excluding hydrogens is 304 g/mol. The van der Waals surface area contributed by atoms with Crippen LogP contribution in [0.3, 0.4) is 0 Å². The average Bonchev–Trinajstić information content (AvgIpc) is 3.43. The highest BCUT2D eigenvalue weighted by atomic mass is 16.3. The van der Waals surface area contributed by atoms with Crippen LogP contribution in [0.1, 0.15) is 59.5 Å². The van der Waals surface area contributed by atoms with E-state index >= 15 is 0 Å². The zero-order valence-electron chi connectivity index (χ0n) is 13.3. The Kier molecular flexibility index (Phi) is 3.98.